The SMILES string of the molecule is CCc1cc(C(C)(c2ccc(-c3ccccc3)cc2)c2cc(C)c(N3C(=O)C=CC3=O)c(CC)c2)cc(C)c1N1C(=O)C=CC1=O. The predicted octanol–water partition coefficient (Wildman–Crippen LogP) is 7.31. The lowest BCUT2D eigenvalue weighted by Crippen LogP contribution is -2.33. The van der Waals surface area contributed by atoms with Crippen molar-refractivity contribution in [3.05, 3.63) is 142 Å². The molecule has 0 radical (unpaired) electrons. The normalized spacial score (nSPS) is 14.7. The molecule has 2 heterocycles. The van der Waals surface area contributed by atoms with Gasteiger partial charge in [-0.3, -0.25) is 19.2 Å². The highest BCUT2D eigenvalue weighted by Gasteiger charge is 2.37. The van der Waals surface area contributed by atoms with Crippen LogP contribution in [0.2, 0.25) is 0 Å². The van der Waals surface area contributed by atoms with Crippen LogP contribution in [-0.2, 0) is 37.4 Å². The van der Waals surface area contributed by atoms with Gasteiger partial charge >= 0.3 is 0 Å². The molecule has 0 fully saturated rings. The van der Waals surface area contributed by atoms with Crippen molar-refractivity contribution in [2.45, 2.75) is 52.9 Å². The van der Waals surface area contributed by atoms with Gasteiger partial charge in [0.05, 0.1) is 11.4 Å². The molecule has 6 nitrogen and oxygen atoms in total. The van der Waals surface area contributed by atoms with Gasteiger partial charge in [0.1, 0.15) is 0 Å². The summed E-state index contributed by atoms with van der Waals surface area (Å²) >= 11 is 0. The van der Waals surface area contributed by atoms with Crippen LogP contribution in [0.3, 0.4) is 0 Å². The summed E-state index contributed by atoms with van der Waals surface area (Å²) in [6.45, 7) is 10.1. The van der Waals surface area contributed by atoms with E-state index in [0.717, 1.165) is 50.1 Å². The number of carbonyl (C=O) groups excluding carboxylic acids is 4. The minimum Gasteiger partial charge on any atom is -0.269 e. The summed E-state index contributed by atoms with van der Waals surface area (Å²) in [6, 6.07) is 27.2. The first kappa shape index (κ1) is 30.7. The van der Waals surface area contributed by atoms with Crippen LogP contribution in [0, 0.1) is 13.8 Å². The Labute approximate surface area is 269 Å². The summed E-state index contributed by atoms with van der Waals surface area (Å²) in [4.78, 5) is 53.5. The number of hydrogen-bond acceptors (Lipinski definition) is 4. The van der Waals surface area contributed by atoms with E-state index in [-0.39, 0.29) is 23.6 Å². The van der Waals surface area contributed by atoms with Crippen LogP contribution in [0.25, 0.3) is 11.1 Å². The molecule has 0 bridgehead atoms. The molecule has 6 heteroatoms. The highest BCUT2D eigenvalue weighted by Crippen LogP contribution is 2.45. The molecule has 0 unspecified atom stereocenters. The molecule has 0 saturated carbocycles. The summed E-state index contributed by atoms with van der Waals surface area (Å²) in [6.07, 6.45) is 6.50. The largest absolute Gasteiger partial charge is 0.269 e. The Balaban J connectivity index is 1.57. The van der Waals surface area contributed by atoms with E-state index in [2.05, 4.69) is 67.6 Å². The molecule has 4 aromatic carbocycles. The van der Waals surface area contributed by atoms with Crippen LogP contribution in [0.15, 0.2) is 103 Å². The fourth-order valence-electron chi connectivity index (χ4n) is 6.83. The highest BCUT2D eigenvalue weighted by atomic mass is 16.2. The number of benzene rings is 4. The molecule has 2 aliphatic rings. The number of carbonyl (C=O) groups is 4. The molecule has 0 aliphatic carbocycles. The van der Waals surface area contributed by atoms with Gasteiger partial charge in [0, 0.05) is 29.7 Å². The third kappa shape index (κ3) is 5.00. The van der Waals surface area contributed by atoms with E-state index in [4.69, 9.17) is 0 Å². The summed E-state index contributed by atoms with van der Waals surface area (Å²) in [5.74, 6) is -1.36. The van der Waals surface area contributed by atoms with Crippen molar-refractivity contribution in [2.24, 2.45) is 0 Å². The fourth-order valence-corrected chi connectivity index (χ4v) is 6.83. The number of rotatable bonds is 8. The number of hydrogen-bond donors (Lipinski definition) is 0. The average molecular weight is 609 g/mol. The lowest BCUT2D eigenvalue weighted by molar-refractivity contribution is -0.121. The van der Waals surface area contributed by atoms with Crippen molar-refractivity contribution in [3.8, 4) is 11.1 Å². The maximum absolute atomic E-state index is 12.7. The van der Waals surface area contributed by atoms with E-state index < -0.39 is 5.41 Å². The fraction of sp³-hybridized carbons (Fsp3) is 0.200. The first-order valence-electron chi connectivity index (χ1n) is 15.6. The van der Waals surface area contributed by atoms with Gasteiger partial charge in [-0.15, -0.1) is 0 Å². The second kappa shape index (κ2) is 11.9. The van der Waals surface area contributed by atoms with Crippen LogP contribution in [0.4, 0.5) is 11.4 Å². The molecule has 0 aromatic heterocycles. The van der Waals surface area contributed by atoms with E-state index in [1.807, 2.05) is 45.9 Å². The summed E-state index contributed by atoms with van der Waals surface area (Å²) in [5.41, 5.74) is 9.34. The maximum Gasteiger partial charge on any atom is 0.258 e. The molecular weight excluding hydrogens is 572 g/mol. The first-order chi connectivity index (χ1) is 22.1. The number of imide groups is 2. The zero-order valence-corrected chi connectivity index (χ0v) is 26.8. The average Bonchev–Trinajstić information content (AvgIpc) is 3.58. The van der Waals surface area contributed by atoms with Crippen molar-refractivity contribution in [1.82, 2.24) is 0 Å². The van der Waals surface area contributed by atoms with Gasteiger partial charge in [0.2, 0.25) is 0 Å². The second-order valence-corrected chi connectivity index (χ2v) is 12.1. The number of anilines is 2. The maximum atomic E-state index is 12.7. The molecule has 4 amide bonds. The van der Waals surface area contributed by atoms with Crippen LogP contribution in [0.5, 0.6) is 0 Å². The molecule has 230 valence electrons. The molecule has 0 saturated heterocycles. The Morgan fingerprint density at radius 2 is 0.913 bits per heavy atom. The second-order valence-electron chi connectivity index (χ2n) is 12.1. The van der Waals surface area contributed by atoms with Gasteiger partial charge in [-0.1, -0.05) is 92.7 Å². The zero-order valence-electron chi connectivity index (χ0n) is 26.8. The van der Waals surface area contributed by atoms with E-state index in [9.17, 15) is 19.2 Å². The van der Waals surface area contributed by atoms with Gasteiger partial charge in [0.15, 0.2) is 0 Å². The molecule has 2 aliphatic heterocycles. The minimum absolute atomic E-state index is 0.339. The molecule has 0 spiro atoms. The predicted molar refractivity (Wildman–Crippen MR) is 182 cm³/mol. The molecule has 46 heavy (non-hydrogen) atoms. The Kier molecular flexibility index (Phi) is 7.90. The van der Waals surface area contributed by atoms with Crippen molar-refractivity contribution in [2.75, 3.05) is 9.80 Å². The lowest BCUT2D eigenvalue weighted by atomic mass is 9.69. The Hall–Kier alpha value is -5.36. The quantitative estimate of drug-likeness (QED) is 0.155. The smallest absolute Gasteiger partial charge is 0.258 e. The van der Waals surface area contributed by atoms with Gasteiger partial charge in [-0.05, 0) is 83.7 Å². The third-order valence-electron chi connectivity index (χ3n) is 9.31. The molecule has 4 aromatic rings. The Bertz CT molecular complexity index is 1830. The minimum atomic E-state index is -0.676. The molecular formula is C40H36N2O4. The van der Waals surface area contributed by atoms with Crippen molar-refractivity contribution in [1.29, 1.82) is 0 Å². The number of aryl methyl sites for hydroxylation is 4. The standard InChI is InChI=1S/C40H36N2O4/c1-6-27-23-32(21-25(3)38(27)41-34(43)17-18-35(41)44)40(5,31-15-13-30(14-16-31)29-11-9-8-10-12-29)33-22-26(4)39(28(7-2)24-33)42-36(45)19-20-37(42)46/h8-24H,6-7H2,1-5H3. The van der Waals surface area contributed by atoms with Crippen molar-refractivity contribution >= 4 is 35.0 Å². The van der Waals surface area contributed by atoms with Gasteiger partial charge in [-0.2, -0.15) is 0 Å². The van der Waals surface area contributed by atoms with E-state index in [1.165, 1.54) is 34.1 Å². The number of amides is 4. The summed E-state index contributed by atoms with van der Waals surface area (Å²) in [5, 5.41) is 0. The van der Waals surface area contributed by atoms with Gasteiger partial charge in [0.25, 0.3) is 23.6 Å². The lowest BCUT2D eigenvalue weighted by Gasteiger charge is -2.35. The topological polar surface area (TPSA) is 74.8 Å². The summed E-state index contributed by atoms with van der Waals surface area (Å²) < 4.78 is 0. The Morgan fingerprint density at radius 1 is 0.522 bits per heavy atom. The van der Waals surface area contributed by atoms with E-state index in [0.29, 0.717) is 24.2 Å². The van der Waals surface area contributed by atoms with Crippen molar-refractivity contribution in [3.63, 3.8) is 0 Å². The van der Waals surface area contributed by atoms with Crippen LogP contribution in [-0.4, -0.2) is 23.6 Å². The van der Waals surface area contributed by atoms with Crippen LogP contribution in [0.1, 0.15) is 59.7 Å². The monoisotopic (exact) mass is 608 g/mol. The van der Waals surface area contributed by atoms with Crippen molar-refractivity contribution < 1.29 is 19.2 Å². The van der Waals surface area contributed by atoms with Gasteiger partial charge < -0.3 is 0 Å². The molecule has 0 N–H and O–H groups in total. The van der Waals surface area contributed by atoms with Crippen LogP contribution >= 0.6 is 0 Å². The summed E-state index contributed by atoms with van der Waals surface area (Å²) in [7, 11) is 0. The highest BCUT2D eigenvalue weighted by molar-refractivity contribution is 6.29. The molecule has 0 atom stereocenters. The van der Waals surface area contributed by atoms with E-state index >= 15 is 0 Å². The van der Waals surface area contributed by atoms with E-state index in [1.54, 1.807) is 0 Å². The Morgan fingerprint density at radius 3 is 1.30 bits per heavy atom. The molecule has 6 rings (SSSR count). The zero-order chi connectivity index (χ0) is 32.7. The van der Waals surface area contributed by atoms with Crippen LogP contribution < -0.4 is 9.80 Å². The third-order valence-corrected chi connectivity index (χ3v) is 9.31. The number of nitrogens with zero attached hydrogens (tertiary/aromatic N) is 2. The first-order valence-corrected chi connectivity index (χ1v) is 15.6. The van der Waals surface area contributed by atoms with Gasteiger partial charge in [-0.25, -0.2) is 9.80 Å².